The SMILES string of the molecule is COC(=O)c1nc(Nc2cccc(Cl)c2F)sc1C(C)=O. The first kappa shape index (κ1) is 15.4. The second kappa shape index (κ2) is 6.19. The summed E-state index contributed by atoms with van der Waals surface area (Å²) in [4.78, 5) is 27.2. The molecule has 0 aliphatic rings. The van der Waals surface area contributed by atoms with Gasteiger partial charge in [0.2, 0.25) is 0 Å². The number of hydrogen-bond donors (Lipinski definition) is 1. The molecular weight excluding hydrogens is 319 g/mol. The van der Waals surface area contributed by atoms with E-state index in [1.165, 1.54) is 26.2 Å². The summed E-state index contributed by atoms with van der Waals surface area (Å²) < 4.78 is 18.4. The maximum atomic E-state index is 13.8. The highest BCUT2D eigenvalue weighted by Crippen LogP contribution is 2.30. The average Bonchev–Trinajstić information content (AvgIpc) is 2.87. The van der Waals surface area contributed by atoms with Crippen molar-refractivity contribution in [2.24, 2.45) is 0 Å². The zero-order valence-electron chi connectivity index (χ0n) is 11.1. The summed E-state index contributed by atoms with van der Waals surface area (Å²) in [5, 5.41) is 2.85. The lowest BCUT2D eigenvalue weighted by atomic mass is 10.3. The van der Waals surface area contributed by atoms with Crippen molar-refractivity contribution in [1.29, 1.82) is 0 Å². The lowest BCUT2D eigenvalue weighted by molar-refractivity contribution is 0.0591. The molecule has 0 fully saturated rings. The maximum absolute atomic E-state index is 13.8. The largest absolute Gasteiger partial charge is 0.464 e. The number of thiazole rings is 1. The number of benzene rings is 1. The van der Waals surface area contributed by atoms with Crippen LogP contribution in [-0.4, -0.2) is 23.8 Å². The molecule has 0 saturated carbocycles. The number of nitrogens with zero attached hydrogens (tertiary/aromatic N) is 1. The minimum Gasteiger partial charge on any atom is -0.464 e. The van der Waals surface area contributed by atoms with Crippen LogP contribution in [0.25, 0.3) is 0 Å². The third-order valence-corrected chi connectivity index (χ3v) is 3.88. The van der Waals surface area contributed by atoms with Gasteiger partial charge in [-0.3, -0.25) is 4.79 Å². The number of esters is 1. The van der Waals surface area contributed by atoms with E-state index in [4.69, 9.17) is 11.6 Å². The van der Waals surface area contributed by atoms with Gasteiger partial charge in [0.25, 0.3) is 0 Å². The number of halogens is 2. The Morgan fingerprint density at radius 3 is 2.76 bits per heavy atom. The topological polar surface area (TPSA) is 68.3 Å². The maximum Gasteiger partial charge on any atom is 0.358 e. The summed E-state index contributed by atoms with van der Waals surface area (Å²) in [6, 6.07) is 4.44. The lowest BCUT2D eigenvalue weighted by Crippen LogP contribution is -2.07. The molecule has 0 aliphatic heterocycles. The molecule has 1 aromatic heterocycles. The number of rotatable bonds is 4. The predicted octanol–water partition coefficient (Wildman–Crippen LogP) is 3.67. The molecule has 2 aromatic rings. The molecule has 0 spiro atoms. The van der Waals surface area contributed by atoms with Crippen molar-refractivity contribution in [1.82, 2.24) is 4.98 Å². The van der Waals surface area contributed by atoms with Gasteiger partial charge >= 0.3 is 5.97 Å². The third kappa shape index (κ3) is 3.20. The van der Waals surface area contributed by atoms with E-state index in [1.807, 2.05) is 0 Å². The summed E-state index contributed by atoms with van der Waals surface area (Å²) in [6.07, 6.45) is 0. The van der Waals surface area contributed by atoms with Gasteiger partial charge in [-0.05, 0) is 12.1 Å². The fourth-order valence-corrected chi connectivity index (χ4v) is 2.60. The molecule has 1 heterocycles. The summed E-state index contributed by atoms with van der Waals surface area (Å²) in [7, 11) is 1.19. The van der Waals surface area contributed by atoms with E-state index in [9.17, 15) is 14.0 Å². The van der Waals surface area contributed by atoms with Crippen LogP contribution < -0.4 is 5.32 Å². The summed E-state index contributed by atoms with van der Waals surface area (Å²) in [5.74, 6) is -1.69. The van der Waals surface area contributed by atoms with Crippen LogP contribution in [0.1, 0.15) is 27.1 Å². The smallest absolute Gasteiger partial charge is 0.358 e. The lowest BCUT2D eigenvalue weighted by Gasteiger charge is -2.04. The Balaban J connectivity index is 2.39. The van der Waals surface area contributed by atoms with Crippen molar-refractivity contribution in [3.63, 3.8) is 0 Å². The van der Waals surface area contributed by atoms with Crippen LogP contribution in [0.5, 0.6) is 0 Å². The zero-order valence-corrected chi connectivity index (χ0v) is 12.6. The van der Waals surface area contributed by atoms with Crippen LogP contribution in [-0.2, 0) is 4.74 Å². The standard InChI is InChI=1S/C13H10ClFN2O3S/c1-6(18)11-10(12(19)20-2)17-13(21-11)16-8-5-3-4-7(14)9(8)15/h3-5H,1-2H3,(H,16,17). The van der Waals surface area contributed by atoms with Gasteiger partial charge in [0.1, 0.15) is 4.88 Å². The van der Waals surface area contributed by atoms with Crippen molar-refractivity contribution < 1.29 is 18.7 Å². The minimum absolute atomic E-state index is 0.0449. The quantitative estimate of drug-likeness (QED) is 0.685. The molecule has 0 atom stereocenters. The number of ether oxygens (including phenoxy) is 1. The molecule has 5 nitrogen and oxygen atoms in total. The third-order valence-electron chi connectivity index (χ3n) is 2.52. The van der Waals surface area contributed by atoms with Crippen LogP contribution in [0.3, 0.4) is 0 Å². The van der Waals surface area contributed by atoms with Crippen LogP contribution in [0.4, 0.5) is 15.2 Å². The van der Waals surface area contributed by atoms with E-state index >= 15 is 0 Å². The molecule has 0 aliphatic carbocycles. The molecule has 8 heteroatoms. The molecule has 0 bridgehead atoms. The van der Waals surface area contributed by atoms with Gasteiger partial charge in [-0.2, -0.15) is 0 Å². The monoisotopic (exact) mass is 328 g/mol. The first-order valence-corrected chi connectivity index (χ1v) is 6.94. The first-order valence-electron chi connectivity index (χ1n) is 5.75. The normalized spacial score (nSPS) is 10.3. The minimum atomic E-state index is -0.726. The van der Waals surface area contributed by atoms with Gasteiger partial charge in [-0.25, -0.2) is 14.2 Å². The molecular formula is C13H10ClFN2O3S. The number of carbonyl (C=O) groups is 2. The Hall–Kier alpha value is -1.99. The molecule has 0 radical (unpaired) electrons. The molecule has 0 unspecified atom stereocenters. The van der Waals surface area contributed by atoms with Crippen LogP contribution in [0.2, 0.25) is 5.02 Å². The van der Waals surface area contributed by atoms with E-state index in [-0.39, 0.29) is 32.2 Å². The van der Waals surface area contributed by atoms with Gasteiger partial charge in [0.05, 0.1) is 17.8 Å². The predicted molar refractivity (Wildman–Crippen MR) is 78.2 cm³/mol. The second-order valence-electron chi connectivity index (χ2n) is 3.97. The van der Waals surface area contributed by atoms with Gasteiger partial charge in [-0.1, -0.05) is 29.0 Å². The van der Waals surface area contributed by atoms with E-state index < -0.39 is 11.8 Å². The Bertz CT molecular complexity index is 717. The fourth-order valence-electron chi connectivity index (χ4n) is 1.56. The summed E-state index contributed by atoms with van der Waals surface area (Å²) >= 11 is 6.62. The molecule has 2 rings (SSSR count). The highest BCUT2D eigenvalue weighted by Gasteiger charge is 2.22. The van der Waals surface area contributed by atoms with Crippen molar-refractivity contribution in [2.45, 2.75) is 6.92 Å². The van der Waals surface area contributed by atoms with Crippen molar-refractivity contribution >= 4 is 45.5 Å². The summed E-state index contributed by atoms with van der Waals surface area (Å²) in [5.41, 5.74) is 0.00250. The van der Waals surface area contributed by atoms with Crippen LogP contribution in [0, 0.1) is 5.82 Å². The average molecular weight is 329 g/mol. The first-order chi connectivity index (χ1) is 9.93. The highest BCUT2D eigenvalue weighted by atomic mass is 35.5. The van der Waals surface area contributed by atoms with Gasteiger partial charge in [0.15, 0.2) is 22.4 Å². The summed E-state index contributed by atoms with van der Waals surface area (Å²) in [6.45, 7) is 1.31. The van der Waals surface area contributed by atoms with Crippen LogP contribution in [0.15, 0.2) is 18.2 Å². The molecule has 0 amide bonds. The number of ketones is 1. The van der Waals surface area contributed by atoms with E-state index in [0.29, 0.717) is 0 Å². The number of anilines is 2. The number of methoxy groups -OCH3 is 1. The number of aromatic nitrogens is 1. The van der Waals surface area contributed by atoms with Crippen molar-refractivity contribution in [2.75, 3.05) is 12.4 Å². The Kier molecular flexibility index (Phi) is 4.54. The number of Topliss-reactive ketones (excluding diaryl/α,β-unsaturated/α-hetero) is 1. The number of nitrogens with one attached hydrogen (secondary N) is 1. The Morgan fingerprint density at radius 1 is 1.43 bits per heavy atom. The molecule has 1 aromatic carbocycles. The van der Waals surface area contributed by atoms with Gasteiger partial charge in [-0.15, -0.1) is 0 Å². The molecule has 0 saturated heterocycles. The van der Waals surface area contributed by atoms with Gasteiger partial charge in [0, 0.05) is 6.92 Å². The van der Waals surface area contributed by atoms with Crippen molar-refractivity contribution in [3.05, 3.63) is 39.6 Å². The van der Waals surface area contributed by atoms with E-state index in [1.54, 1.807) is 6.07 Å². The van der Waals surface area contributed by atoms with Crippen LogP contribution >= 0.6 is 22.9 Å². The molecule has 1 N–H and O–H groups in total. The Morgan fingerprint density at radius 2 is 2.14 bits per heavy atom. The number of carbonyl (C=O) groups excluding carboxylic acids is 2. The Labute approximate surface area is 128 Å². The molecule has 110 valence electrons. The highest BCUT2D eigenvalue weighted by molar-refractivity contribution is 7.17. The van der Waals surface area contributed by atoms with Gasteiger partial charge < -0.3 is 10.1 Å². The van der Waals surface area contributed by atoms with Crippen molar-refractivity contribution in [3.8, 4) is 0 Å². The molecule has 21 heavy (non-hydrogen) atoms. The second-order valence-corrected chi connectivity index (χ2v) is 5.38. The van der Waals surface area contributed by atoms with E-state index in [0.717, 1.165) is 11.3 Å². The zero-order chi connectivity index (χ0) is 15.6. The van der Waals surface area contributed by atoms with E-state index in [2.05, 4.69) is 15.0 Å². The fraction of sp³-hybridized carbons (Fsp3) is 0.154. The number of hydrogen-bond acceptors (Lipinski definition) is 6.